The Kier molecular flexibility index (Phi) is 5.60. The minimum atomic E-state index is -0.569. The molecular weight excluding hydrogens is 415 g/mol. The second kappa shape index (κ2) is 7.08. The smallest absolute Gasteiger partial charge is 0.411 e. The molecule has 1 atom stereocenters. The summed E-state index contributed by atoms with van der Waals surface area (Å²) in [6.45, 7) is 5.44. The van der Waals surface area contributed by atoms with Gasteiger partial charge in [0.15, 0.2) is 0 Å². The van der Waals surface area contributed by atoms with Crippen LogP contribution in [0.1, 0.15) is 20.8 Å². The van der Waals surface area contributed by atoms with Crippen molar-refractivity contribution >= 4 is 52.0 Å². The summed E-state index contributed by atoms with van der Waals surface area (Å²) in [7, 11) is 0. The van der Waals surface area contributed by atoms with Crippen LogP contribution in [0.25, 0.3) is 0 Å². The van der Waals surface area contributed by atoms with Gasteiger partial charge in [0, 0.05) is 15.0 Å². The highest BCUT2D eigenvalue weighted by Gasteiger charge is 2.37. The van der Waals surface area contributed by atoms with Crippen LogP contribution in [0.2, 0.25) is 0 Å². The lowest BCUT2D eigenvalue weighted by molar-refractivity contribution is -0.120. The zero-order valence-corrected chi connectivity index (χ0v) is 15.7. The second-order valence-corrected chi connectivity index (χ2v) is 8.21. The summed E-state index contributed by atoms with van der Waals surface area (Å²) in [5.41, 5.74) is 0.166. The van der Waals surface area contributed by atoms with E-state index in [1.165, 1.54) is 4.90 Å². The van der Waals surface area contributed by atoms with Gasteiger partial charge in [-0.1, -0.05) is 6.07 Å². The zero-order valence-electron chi connectivity index (χ0n) is 12.8. The largest absolute Gasteiger partial charge is 0.444 e. The molecule has 7 heteroatoms. The molecule has 0 saturated carbocycles. The first-order chi connectivity index (χ1) is 10.3. The number of anilines is 1. The SMILES string of the molecule is CC(C)(C)OC(=O)N1CSCC1C(=O)Nc1cccc(I)c1. The topological polar surface area (TPSA) is 58.6 Å². The van der Waals surface area contributed by atoms with Crippen LogP contribution in [0.15, 0.2) is 24.3 Å². The molecule has 1 aromatic carbocycles. The van der Waals surface area contributed by atoms with Crippen molar-refractivity contribution in [2.24, 2.45) is 0 Å². The van der Waals surface area contributed by atoms with Crippen LogP contribution in [0.3, 0.4) is 0 Å². The zero-order chi connectivity index (χ0) is 16.3. The number of benzene rings is 1. The Morgan fingerprint density at radius 3 is 2.77 bits per heavy atom. The lowest BCUT2D eigenvalue weighted by atomic mass is 10.2. The van der Waals surface area contributed by atoms with Crippen molar-refractivity contribution in [2.75, 3.05) is 16.9 Å². The molecule has 1 N–H and O–H groups in total. The molecule has 1 heterocycles. The number of carbonyl (C=O) groups excluding carboxylic acids is 2. The summed E-state index contributed by atoms with van der Waals surface area (Å²) < 4.78 is 6.41. The molecule has 5 nitrogen and oxygen atoms in total. The summed E-state index contributed by atoms with van der Waals surface area (Å²) in [5, 5.41) is 2.87. The van der Waals surface area contributed by atoms with E-state index < -0.39 is 17.7 Å². The van der Waals surface area contributed by atoms with Crippen LogP contribution in [0.4, 0.5) is 10.5 Å². The first-order valence-electron chi connectivity index (χ1n) is 6.90. The number of ether oxygens (including phenoxy) is 1. The molecule has 0 spiro atoms. The standard InChI is InChI=1S/C15H19IN2O3S/c1-15(2,3)21-14(20)18-9-22-8-12(18)13(19)17-11-6-4-5-10(16)7-11/h4-7,12H,8-9H2,1-3H3,(H,17,19). The van der Waals surface area contributed by atoms with Crippen molar-refractivity contribution in [1.82, 2.24) is 4.90 Å². The Bertz CT molecular complexity index is 574. The summed E-state index contributed by atoms with van der Waals surface area (Å²) in [5.74, 6) is 0.867. The fourth-order valence-corrected chi connectivity index (χ4v) is 3.64. The predicted molar refractivity (Wildman–Crippen MR) is 97.0 cm³/mol. The maximum Gasteiger partial charge on any atom is 0.411 e. The Morgan fingerprint density at radius 1 is 1.41 bits per heavy atom. The summed E-state index contributed by atoms with van der Waals surface area (Å²) >= 11 is 3.74. The molecule has 0 bridgehead atoms. The molecule has 1 saturated heterocycles. The Balaban J connectivity index is 2.03. The van der Waals surface area contributed by atoms with Crippen LogP contribution in [0, 0.1) is 3.57 Å². The number of nitrogens with zero attached hydrogens (tertiary/aromatic N) is 1. The van der Waals surface area contributed by atoms with Gasteiger partial charge in [0.2, 0.25) is 5.91 Å². The van der Waals surface area contributed by atoms with Gasteiger partial charge in [-0.3, -0.25) is 9.69 Å². The number of amides is 2. The van der Waals surface area contributed by atoms with E-state index in [-0.39, 0.29) is 5.91 Å². The van der Waals surface area contributed by atoms with Crippen molar-refractivity contribution in [3.05, 3.63) is 27.8 Å². The molecule has 0 aromatic heterocycles. The van der Waals surface area contributed by atoms with Crippen LogP contribution >= 0.6 is 34.4 Å². The van der Waals surface area contributed by atoms with Gasteiger partial charge < -0.3 is 10.1 Å². The van der Waals surface area contributed by atoms with Gasteiger partial charge in [0.05, 0.1) is 5.88 Å². The third-order valence-electron chi connectivity index (χ3n) is 2.91. The van der Waals surface area contributed by atoms with Crippen LogP contribution in [-0.4, -0.2) is 40.2 Å². The first-order valence-corrected chi connectivity index (χ1v) is 9.13. The van der Waals surface area contributed by atoms with Gasteiger partial charge in [-0.25, -0.2) is 4.79 Å². The van der Waals surface area contributed by atoms with E-state index in [1.807, 2.05) is 45.0 Å². The quantitative estimate of drug-likeness (QED) is 0.724. The van der Waals surface area contributed by atoms with Crippen molar-refractivity contribution in [2.45, 2.75) is 32.4 Å². The predicted octanol–water partition coefficient (Wildman–Crippen LogP) is 3.54. The summed E-state index contributed by atoms with van der Waals surface area (Å²) in [6.07, 6.45) is -0.444. The van der Waals surface area contributed by atoms with Crippen molar-refractivity contribution < 1.29 is 14.3 Å². The number of halogens is 1. The van der Waals surface area contributed by atoms with Crippen LogP contribution in [-0.2, 0) is 9.53 Å². The maximum atomic E-state index is 12.4. The molecular formula is C15H19IN2O3S. The Morgan fingerprint density at radius 2 is 2.14 bits per heavy atom. The second-order valence-electron chi connectivity index (χ2n) is 5.97. The van der Waals surface area contributed by atoms with E-state index in [9.17, 15) is 9.59 Å². The molecule has 1 fully saturated rings. The minimum absolute atomic E-state index is 0.183. The highest BCUT2D eigenvalue weighted by molar-refractivity contribution is 14.1. The van der Waals surface area contributed by atoms with Crippen molar-refractivity contribution in [3.63, 3.8) is 0 Å². The normalized spacial score (nSPS) is 18.2. The fourth-order valence-electron chi connectivity index (χ4n) is 1.95. The third kappa shape index (κ3) is 4.77. The maximum absolute atomic E-state index is 12.4. The molecule has 1 unspecified atom stereocenters. The number of hydrogen-bond acceptors (Lipinski definition) is 4. The first kappa shape index (κ1) is 17.4. The lowest BCUT2D eigenvalue weighted by Gasteiger charge is -2.27. The molecule has 0 radical (unpaired) electrons. The highest BCUT2D eigenvalue weighted by Crippen LogP contribution is 2.25. The van der Waals surface area contributed by atoms with E-state index >= 15 is 0 Å². The average Bonchev–Trinajstić information content (AvgIpc) is 2.85. The molecule has 0 aliphatic carbocycles. The van der Waals surface area contributed by atoms with Gasteiger partial charge >= 0.3 is 6.09 Å². The Labute approximate surface area is 148 Å². The molecule has 120 valence electrons. The van der Waals surface area contributed by atoms with Gasteiger partial charge in [0.25, 0.3) is 0 Å². The average molecular weight is 434 g/mol. The molecule has 1 aliphatic rings. The summed E-state index contributed by atoms with van der Waals surface area (Å²) in [6, 6.07) is 7.05. The van der Waals surface area contributed by atoms with E-state index in [2.05, 4.69) is 27.9 Å². The molecule has 2 amide bonds. The minimum Gasteiger partial charge on any atom is -0.444 e. The van der Waals surface area contributed by atoms with Crippen LogP contribution in [0.5, 0.6) is 0 Å². The number of hydrogen-bond donors (Lipinski definition) is 1. The molecule has 1 aromatic rings. The van der Waals surface area contributed by atoms with E-state index in [4.69, 9.17) is 4.74 Å². The lowest BCUT2D eigenvalue weighted by Crippen LogP contribution is -2.46. The summed E-state index contributed by atoms with van der Waals surface area (Å²) in [4.78, 5) is 26.1. The van der Waals surface area contributed by atoms with Gasteiger partial charge in [0.1, 0.15) is 11.6 Å². The van der Waals surface area contributed by atoms with Gasteiger partial charge in [-0.05, 0) is 61.6 Å². The molecule has 2 rings (SSSR count). The molecule has 22 heavy (non-hydrogen) atoms. The van der Waals surface area contributed by atoms with Crippen molar-refractivity contribution in [1.29, 1.82) is 0 Å². The number of thioether (sulfide) groups is 1. The fraction of sp³-hybridized carbons (Fsp3) is 0.467. The van der Waals surface area contributed by atoms with E-state index in [0.29, 0.717) is 11.6 Å². The van der Waals surface area contributed by atoms with Crippen molar-refractivity contribution in [3.8, 4) is 0 Å². The number of carbonyl (C=O) groups is 2. The highest BCUT2D eigenvalue weighted by atomic mass is 127. The monoisotopic (exact) mass is 434 g/mol. The van der Waals surface area contributed by atoms with Crippen LogP contribution < -0.4 is 5.32 Å². The van der Waals surface area contributed by atoms with E-state index in [1.54, 1.807) is 11.8 Å². The third-order valence-corrected chi connectivity index (χ3v) is 4.59. The number of nitrogens with one attached hydrogen (secondary N) is 1. The Hall–Kier alpha value is -0.960. The van der Waals surface area contributed by atoms with Gasteiger partial charge in [-0.15, -0.1) is 11.8 Å². The number of rotatable bonds is 2. The molecule has 1 aliphatic heterocycles. The van der Waals surface area contributed by atoms with Gasteiger partial charge in [-0.2, -0.15) is 0 Å². The van der Waals surface area contributed by atoms with E-state index in [0.717, 1.165) is 9.26 Å².